The van der Waals surface area contributed by atoms with Crippen LogP contribution in [0.5, 0.6) is 0 Å². The van der Waals surface area contributed by atoms with Crippen molar-refractivity contribution in [3.05, 3.63) is 16.5 Å². The molecule has 1 aliphatic heterocycles. The molecule has 7 heteroatoms. The van der Waals surface area contributed by atoms with Gasteiger partial charge < -0.3 is 4.90 Å². The molecule has 1 aromatic heterocycles. The van der Waals surface area contributed by atoms with Gasteiger partial charge in [-0.05, 0) is 13.8 Å². The number of nitrogens with zero attached hydrogens (tertiary/aromatic N) is 3. The standard InChI is InChI=1S/C12H18ClN3O2S/c1-4-10-14-11(13)9(3)12(15-10)16-5-6-19(17,18)8(2)7-16/h8H,4-7H2,1-3H3. The van der Waals surface area contributed by atoms with Gasteiger partial charge in [0.15, 0.2) is 9.84 Å². The Morgan fingerprint density at radius 2 is 2.11 bits per heavy atom. The maximum atomic E-state index is 11.7. The summed E-state index contributed by atoms with van der Waals surface area (Å²) < 4.78 is 23.5. The highest BCUT2D eigenvalue weighted by Gasteiger charge is 2.31. The molecule has 0 radical (unpaired) electrons. The molecule has 2 heterocycles. The Balaban J connectivity index is 2.35. The van der Waals surface area contributed by atoms with Gasteiger partial charge in [0.05, 0.1) is 11.0 Å². The summed E-state index contributed by atoms with van der Waals surface area (Å²) in [6.07, 6.45) is 0.703. The summed E-state index contributed by atoms with van der Waals surface area (Å²) in [7, 11) is -2.96. The minimum absolute atomic E-state index is 0.163. The van der Waals surface area contributed by atoms with E-state index in [0.717, 1.165) is 11.4 Å². The van der Waals surface area contributed by atoms with Gasteiger partial charge in [-0.2, -0.15) is 0 Å². The first kappa shape index (κ1) is 14.5. The first-order chi connectivity index (χ1) is 8.85. The van der Waals surface area contributed by atoms with Crippen molar-refractivity contribution in [2.45, 2.75) is 32.4 Å². The number of aryl methyl sites for hydroxylation is 1. The van der Waals surface area contributed by atoms with Crippen LogP contribution in [-0.4, -0.2) is 42.5 Å². The minimum Gasteiger partial charge on any atom is -0.354 e. The monoisotopic (exact) mass is 303 g/mol. The minimum atomic E-state index is -2.96. The molecule has 1 aliphatic rings. The zero-order valence-corrected chi connectivity index (χ0v) is 12.9. The fourth-order valence-electron chi connectivity index (χ4n) is 2.13. The van der Waals surface area contributed by atoms with E-state index in [1.54, 1.807) is 6.92 Å². The summed E-state index contributed by atoms with van der Waals surface area (Å²) in [5.41, 5.74) is 0.811. The van der Waals surface area contributed by atoms with E-state index in [-0.39, 0.29) is 11.0 Å². The first-order valence-corrected chi connectivity index (χ1v) is 8.44. The predicted octanol–water partition coefficient (Wildman–Crippen LogP) is 1.62. The molecule has 1 atom stereocenters. The van der Waals surface area contributed by atoms with Crippen LogP contribution in [0.2, 0.25) is 5.15 Å². The van der Waals surface area contributed by atoms with Crippen LogP contribution in [0, 0.1) is 6.92 Å². The van der Waals surface area contributed by atoms with Gasteiger partial charge in [-0.15, -0.1) is 0 Å². The van der Waals surface area contributed by atoms with E-state index in [2.05, 4.69) is 9.97 Å². The molecule has 0 N–H and O–H groups in total. The lowest BCUT2D eigenvalue weighted by atomic mass is 10.2. The maximum absolute atomic E-state index is 11.7. The van der Waals surface area contributed by atoms with E-state index in [0.29, 0.717) is 30.5 Å². The lowest BCUT2D eigenvalue weighted by molar-refractivity contribution is 0.568. The van der Waals surface area contributed by atoms with E-state index in [1.807, 2.05) is 18.7 Å². The van der Waals surface area contributed by atoms with E-state index >= 15 is 0 Å². The van der Waals surface area contributed by atoms with Gasteiger partial charge in [0.1, 0.15) is 16.8 Å². The molecule has 1 aromatic rings. The molecule has 1 unspecified atom stereocenters. The third-order valence-corrected chi connectivity index (χ3v) is 5.95. The second-order valence-corrected chi connectivity index (χ2v) is 7.75. The predicted molar refractivity (Wildman–Crippen MR) is 76.6 cm³/mol. The quantitative estimate of drug-likeness (QED) is 0.777. The van der Waals surface area contributed by atoms with Gasteiger partial charge in [-0.25, -0.2) is 18.4 Å². The van der Waals surface area contributed by atoms with Crippen LogP contribution in [0.1, 0.15) is 25.2 Å². The van der Waals surface area contributed by atoms with Crippen LogP contribution in [0.3, 0.4) is 0 Å². The van der Waals surface area contributed by atoms with Crippen LogP contribution < -0.4 is 4.90 Å². The Bertz CT molecular complexity index is 589. The van der Waals surface area contributed by atoms with Gasteiger partial charge in [0, 0.05) is 25.1 Å². The highest BCUT2D eigenvalue weighted by molar-refractivity contribution is 7.92. The SMILES string of the molecule is CCc1nc(Cl)c(C)c(N2CCS(=O)(=O)C(C)C2)n1. The van der Waals surface area contributed by atoms with Crippen LogP contribution in [0.15, 0.2) is 0 Å². The summed E-state index contributed by atoms with van der Waals surface area (Å²) in [6.45, 7) is 6.49. The topological polar surface area (TPSA) is 63.2 Å². The number of aromatic nitrogens is 2. The average Bonchev–Trinajstić information content (AvgIpc) is 2.36. The van der Waals surface area contributed by atoms with Gasteiger partial charge in [-0.1, -0.05) is 18.5 Å². The van der Waals surface area contributed by atoms with E-state index in [9.17, 15) is 8.42 Å². The number of halogens is 1. The number of hydrogen-bond donors (Lipinski definition) is 0. The molecule has 0 bridgehead atoms. The van der Waals surface area contributed by atoms with Crippen molar-refractivity contribution in [3.8, 4) is 0 Å². The molecule has 0 saturated carbocycles. The van der Waals surface area contributed by atoms with Crippen molar-refractivity contribution in [3.63, 3.8) is 0 Å². The Morgan fingerprint density at radius 1 is 1.42 bits per heavy atom. The van der Waals surface area contributed by atoms with Crippen LogP contribution in [0.25, 0.3) is 0 Å². The zero-order valence-electron chi connectivity index (χ0n) is 11.4. The molecule has 106 valence electrons. The Morgan fingerprint density at radius 3 is 2.68 bits per heavy atom. The highest BCUT2D eigenvalue weighted by atomic mass is 35.5. The normalized spacial score (nSPS) is 22.5. The molecule has 0 spiro atoms. The first-order valence-electron chi connectivity index (χ1n) is 6.34. The van der Waals surface area contributed by atoms with Crippen molar-refractivity contribution in [2.24, 2.45) is 0 Å². The molecule has 0 aliphatic carbocycles. The second-order valence-electron chi connectivity index (χ2n) is 4.86. The molecule has 19 heavy (non-hydrogen) atoms. The smallest absolute Gasteiger partial charge is 0.156 e. The van der Waals surface area contributed by atoms with Gasteiger partial charge in [0.25, 0.3) is 0 Å². The van der Waals surface area contributed by atoms with E-state index in [1.165, 1.54) is 0 Å². The Hall–Kier alpha value is -0.880. The van der Waals surface area contributed by atoms with Gasteiger partial charge >= 0.3 is 0 Å². The van der Waals surface area contributed by atoms with Crippen molar-refractivity contribution in [1.82, 2.24) is 9.97 Å². The number of anilines is 1. The molecular formula is C12H18ClN3O2S. The van der Waals surface area contributed by atoms with Crippen molar-refractivity contribution < 1.29 is 8.42 Å². The molecule has 0 aromatic carbocycles. The zero-order chi connectivity index (χ0) is 14.2. The highest BCUT2D eigenvalue weighted by Crippen LogP contribution is 2.26. The molecule has 5 nitrogen and oxygen atoms in total. The second kappa shape index (κ2) is 5.25. The average molecular weight is 304 g/mol. The maximum Gasteiger partial charge on any atom is 0.156 e. The Labute approximate surface area is 118 Å². The molecule has 1 fully saturated rings. The van der Waals surface area contributed by atoms with E-state index in [4.69, 9.17) is 11.6 Å². The number of hydrogen-bond acceptors (Lipinski definition) is 5. The summed E-state index contributed by atoms with van der Waals surface area (Å²) in [5.74, 6) is 1.61. The Kier molecular flexibility index (Phi) is 4.01. The number of rotatable bonds is 2. The van der Waals surface area contributed by atoms with Gasteiger partial charge in [-0.3, -0.25) is 0 Å². The van der Waals surface area contributed by atoms with E-state index < -0.39 is 9.84 Å². The fraction of sp³-hybridized carbons (Fsp3) is 0.667. The van der Waals surface area contributed by atoms with Crippen molar-refractivity contribution in [1.29, 1.82) is 0 Å². The summed E-state index contributed by atoms with van der Waals surface area (Å²) in [4.78, 5) is 10.7. The third-order valence-electron chi connectivity index (χ3n) is 3.46. The number of sulfone groups is 1. The lowest BCUT2D eigenvalue weighted by Crippen LogP contribution is -2.46. The fourth-order valence-corrected chi connectivity index (χ4v) is 3.60. The van der Waals surface area contributed by atoms with Crippen LogP contribution in [0.4, 0.5) is 5.82 Å². The third kappa shape index (κ3) is 2.84. The van der Waals surface area contributed by atoms with Crippen molar-refractivity contribution in [2.75, 3.05) is 23.7 Å². The lowest BCUT2D eigenvalue weighted by Gasteiger charge is -2.32. The summed E-state index contributed by atoms with van der Waals surface area (Å²) >= 11 is 6.11. The summed E-state index contributed by atoms with van der Waals surface area (Å²) in [5, 5.41) is 0.0717. The molecule has 0 amide bonds. The van der Waals surface area contributed by atoms with Crippen LogP contribution >= 0.6 is 11.6 Å². The molecule has 1 saturated heterocycles. The summed E-state index contributed by atoms with van der Waals surface area (Å²) in [6, 6.07) is 0. The molecular weight excluding hydrogens is 286 g/mol. The molecule has 2 rings (SSSR count). The van der Waals surface area contributed by atoms with Crippen molar-refractivity contribution >= 4 is 27.3 Å². The van der Waals surface area contributed by atoms with Crippen LogP contribution in [-0.2, 0) is 16.3 Å². The van der Waals surface area contributed by atoms with Gasteiger partial charge in [0.2, 0.25) is 0 Å². The largest absolute Gasteiger partial charge is 0.354 e.